The molecule has 25 heavy (non-hydrogen) atoms. The van der Waals surface area contributed by atoms with Crippen molar-refractivity contribution in [3.05, 3.63) is 53.8 Å². The summed E-state index contributed by atoms with van der Waals surface area (Å²) in [5, 5.41) is 8.49. The van der Waals surface area contributed by atoms with Gasteiger partial charge >= 0.3 is 0 Å². The maximum Gasteiger partial charge on any atom is 0.233 e. The van der Waals surface area contributed by atoms with Crippen molar-refractivity contribution in [2.45, 2.75) is 18.6 Å². The smallest absolute Gasteiger partial charge is 0.233 e. The Bertz CT molecular complexity index is 860. The molecule has 3 rings (SSSR count). The molecule has 2 heterocycles. The van der Waals surface area contributed by atoms with Gasteiger partial charge in [-0.1, -0.05) is 36.0 Å². The number of benzene rings is 1. The minimum Gasteiger partial charge on any atom is -0.461 e. The molecule has 0 spiro atoms. The summed E-state index contributed by atoms with van der Waals surface area (Å²) in [6.07, 6.45) is 1.54. The predicted molar refractivity (Wildman–Crippen MR) is 96.3 cm³/mol. The maximum absolute atomic E-state index is 12.4. The van der Waals surface area contributed by atoms with Gasteiger partial charge in [-0.3, -0.25) is 4.79 Å². The lowest BCUT2D eigenvalue weighted by molar-refractivity contribution is -0.127. The predicted octanol–water partition coefficient (Wildman–Crippen LogP) is 2.31. The number of rotatable bonds is 6. The van der Waals surface area contributed by atoms with Gasteiger partial charge in [0.15, 0.2) is 5.76 Å². The van der Waals surface area contributed by atoms with Crippen LogP contribution in [0.15, 0.2) is 52.2 Å². The number of nitrogens with zero attached hydrogens (tertiary/aromatic N) is 4. The van der Waals surface area contributed by atoms with Gasteiger partial charge in [0.25, 0.3) is 0 Å². The lowest BCUT2D eigenvalue weighted by atomic mass is 10.1. The van der Waals surface area contributed by atoms with Crippen LogP contribution in [0, 0.1) is 6.92 Å². The van der Waals surface area contributed by atoms with Crippen LogP contribution in [0.2, 0.25) is 0 Å². The molecule has 3 aromatic rings. The number of aryl methyl sites for hydroxylation is 1. The molecule has 1 amide bonds. The van der Waals surface area contributed by atoms with Gasteiger partial charge in [0.2, 0.25) is 16.9 Å². The standard InChI is InChI=1S/C17H19N5O2S/c1-12-6-3-4-7-13(12)10-21(2)15(23)11-25-17-20-19-16(22(17)18)14-8-5-9-24-14/h3-9H,10-11,18H2,1-2H3. The summed E-state index contributed by atoms with van der Waals surface area (Å²) in [5.74, 6) is 7.17. The Hall–Kier alpha value is -2.74. The van der Waals surface area contributed by atoms with E-state index in [9.17, 15) is 4.79 Å². The lowest BCUT2D eigenvalue weighted by Crippen LogP contribution is -2.28. The van der Waals surface area contributed by atoms with E-state index >= 15 is 0 Å². The van der Waals surface area contributed by atoms with Crippen LogP contribution in [-0.2, 0) is 11.3 Å². The van der Waals surface area contributed by atoms with Crippen LogP contribution < -0.4 is 5.84 Å². The van der Waals surface area contributed by atoms with E-state index in [2.05, 4.69) is 10.2 Å². The summed E-state index contributed by atoms with van der Waals surface area (Å²) in [7, 11) is 1.79. The highest BCUT2D eigenvalue weighted by atomic mass is 32.2. The number of furan rings is 1. The fraction of sp³-hybridized carbons (Fsp3) is 0.235. The van der Waals surface area contributed by atoms with E-state index < -0.39 is 0 Å². The Balaban J connectivity index is 1.60. The first-order valence-electron chi connectivity index (χ1n) is 7.72. The van der Waals surface area contributed by atoms with E-state index in [1.165, 1.54) is 22.0 Å². The van der Waals surface area contributed by atoms with E-state index in [0.717, 1.165) is 5.56 Å². The molecule has 0 saturated carbocycles. The monoisotopic (exact) mass is 357 g/mol. The highest BCUT2D eigenvalue weighted by Crippen LogP contribution is 2.22. The van der Waals surface area contributed by atoms with Crippen LogP contribution in [0.5, 0.6) is 0 Å². The highest BCUT2D eigenvalue weighted by molar-refractivity contribution is 7.99. The zero-order valence-corrected chi connectivity index (χ0v) is 14.9. The third-order valence-electron chi connectivity index (χ3n) is 3.83. The number of hydrogen-bond donors (Lipinski definition) is 1. The minimum atomic E-state index is -0.00389. The fourth-order valence-corrected chi connectivity index (χ4v) is 3.11. The van der Waals surface area contributed by atoms with Gasteiger partial charge in [-0.25, -0.2) is 4.68 Å². The minimum absolute atomic E-state index is 0.00389. The van der Waals surface area contributed by atoms with Gasteiger partial charge in [0, 0.05) is 13.6 Å². The van der Waals surface area contributed by atoms with Crippen molar-refractivity contribution in [2.75, 3.05) is 18.6 Å². The molecule has 130 valence electrons. The van der Waals surface area contributed by atoms with Crippen molar-refractivity contribution >= 4 is 17.7 Å². The second-order valence-corrected chi connectivity index (χ2v) is 6.56. The molecule has 0 bridgehead atoms. The molecule has 0 unspecified atom stereocenters. The summed E-state index contributed by atoms with van der Waals surface area (Å²) in [4.78, 5) is 14.1. The summed E-state index contributed by atoms with van der Waals surface area (Å²) in [6, 6.07) is 11.5. The normalized spacial score (nSPS) is 10.8. The summed E-state index contributed by atoms with van der Waals surface area (Å²) in [5.41, 5.74) is 2.30. The number of nitrogen functional groups attached to an aromatic ring is 1. The Morgan fingerprint density at radius 3 is 2.80 bits per heavy atom. The molecule has 2 N–H and O–H groups in total. The van der Waals surface area contributed by atoms with E-state index in [1.807, 2.05) is 31.2 Å². The topological polar surface area (TPSA) is 90.2 Å². The molecule has 7 nitrogen and oxygen atoms in total. The van der Waals surface area contributed by atoms with Crippen molar-refractivity contribution in [3.63, 3.8) is 0 Å². The largest absolute Gasteiger partial charge is 0.461 e. The van der Waals surface area contributed by atoms with Crippen molar-refractivity contribution in [1.29, 1.82) is 0 Å². The zero-order valence-electron chi connectivity index (χ0n) is 14.0. The number of carbonyl (C=O) groups excluding carboxylic acids is 1. The second-order valence-electron chi connectivity index (χ2n) is 5.62. The molecule has 0 saturated heterocycles. The molecule has 2 aromatic heterocycles. The Kier molecular flexibility index (Phi) is 5.08. The summed E-state index contributed by atoms with van der Waals surface area (Å²) >= 11 is 1.25. The van der Waals surface area contributed by atoms with Gasteiger partial charge in [-0.2, -0.15) is 0 Å². The van der Waals surface area contributed by atoms with Crippen LogP contribution in [0.3, 0.4) is 0 Å². The molecule has 0 fully saturated rings. The van der Waals surface area contributed by atoms with Gasteiger partial charge in [-0.15, -0.1) is 10.2 Å². The molecular formula is C17H19N5O2S. The van der Waals surface area contributed by atoms with Crippen LogP contribution in [0.25, 0.3) is 11.6 Å². The number of amides is 1. The molecule has 1 aromatic carbocycles. The van der Waals surface area contributed by atoms with Crippen LogP contribution in [0.1, 0.15) is 11.1 Å². The van der Waals surface area contributed by atoms with Crippen LogP contribution in [0.4, 0.5) is 0 Å². The summed E-state index contributed by atoms with van der Waals surface area (Å²) < 4.78 is 6.60. The molecule has 0 aliphatic heterocycles. The van der Waals surface area contributed by atoms with Crippen molar-refractivity contribution in [3.8, 4) is 11.6 Å². The van der Waals surface area contributed by atoms with E-state index in [-0.39, 0.29) is 11.7 Å². The van der Waals surface area contributed by atoms with Crippen LogP contribution >= 0.6 is 11.8 Å². The Morgan fingerprint density at radius 2 is 2.08 bits per heavy atom. The maximum atomic E-state index is 12.4. The third kappa shape index (κ3) is 3.85. The van der Waals surface area contributed by atoms with Crippen LogP contribution in [-0.4, -0.2) is 38.5 Å². The average molecular weight is 357 g/mol. The number of carbonyl (C=O) groups is 1. The number of aromatic nitrogens is 3. The lowest BCUT2D eigenvalue weighted by Gasteiger charge is -2.18. The summed E-state index contributed by atoms with van der Waals surface area (Å²) in [6.45, 7) is 2.61. The number of nitrogens with two attached hydrogens (primary N) is 1. The Morgan fingerprint density at radius 1 is 1.28 bits per heavy atom. The average Bonchev–Trinajstić information content (AvgIpc) is 3.24. The molecule has 0 aliphatic rings. The van der Waals surface area contributed by atoms with Gasteiger partial charge in [0.1, 0.15) is 0 Å². The van der Waals surface area contributed by atoms with E-state index in [0.29, 0.717) is 23.3 Å². The van der Waals surface area contributed by atoms with E-state index in [1.54, 1.807) is 30.3 Å². The Labute approximate surface area is 149 Å². The van der Waals surface area contributed by atoms with Crippen molar-refractivity contribution in [2.24, 2.45) is 0 Å². The third-order valence-corrected chi connectivity index (χ3v) is 4.75. The van der Waals surface area contributed by atoms with Gasteiger partial charge in [0.05, 0.1) is 12.0 Å². The van der Waals surface area contributed by atoms with Gasteiger partial charge in [-0.05, 0) is 30.2 Å². The van der Waals surface area contributed by atoms with Crippen molar-refractivity contribution < 1.29 is 9.21 Å². The molecule has 0 atom stereocenters. The molecule has 8 heteroatoms. The molecular weight excluding hydrogens is 338 g/mol. The van der Waals surface area contributed by atoms with Crippen molar-refractivity contribution in [1.82, 2.24) is 19.8 Å². The number of hydrogen-bond acceptors (Lipinski definition) is 6. The second kappa shape index (κ2) is 7.43. The number of thioether (sulfide) groups is 1. The fourth-order valence-electron chi connectivity index (χ4n) is 2.32. The van der Waals surface area contributed by atoms with Gasteiger partial charge < -0.3 is 15.2 Å². The first-order valence-corrected chi connectivity index (χ1v) is 8.70. The van der Waals surface area contributed by atoms with E-state index in [4.69, 9.17) is 10.3 Å². The first kappa shape index (κ1) is 17.1. The zero-order chi connectivity index (χ0) is 17.8. The SMILES string of the molecule is Cc1ccccc1CN(C)C(=O)CSc1nnc(-c2ccco2)n1N. The first-order chi connectivity index (χ1) is 12.1. The highest BCUT2D eigenvalue weighted by Gasteiger charge is 2.17. The molecule has 0 aliphatic carbocycles. The molecule has 0 radical (unpaired) electrons. The quantitative estimate of drug-likeness (QED) is 0.538.